The molecule has 0 saturated heterocycles. The summed E-state index contributed by atoms with van der Waals surface area (Å²) >= 11 is 0. The molecule has 1 saturated carbocycles. The molecule has 0 aromatic heterocycles. The molecule has 0 spiro atoms. The standard InChI is InChI=1S/C19H26N2O6/c1-11(2)27-16-14(18(24)26-3)5-4-6-15(16)21-19(25)20-13-9-7-12(8-10-13)17(22)23/h4-6,11-13H,7-10H2,1-3H3,(H,22,23)(H2,20,21,25). The number of esters is 1. The Morgan fingerprint density at radius 1 is 1.15 bits per heavy atom. The van der Waals surface area contributed by atoms with Gasteiger partial charge in [0.1, 0.15) is 5.56 Å². The van der Waals surface area contributed by atoms with Crippen molar-refractivity contribution in [3.63, 3.8) is 0 Å². The molecule has 3 N–H and O–H groups in total. The average Bonchev–Trinajstić information content (AvgIpc) is 2.62. The number of carbonyl (C=O) groups is 3. The minimum atomic E-state index is -0.784. The van der Waals surface area contributed by atoms with Crippen molar-refractivity contribution in [1.29, 1.82) is 0 Å². The lowest BCUT2D eigenvalue weighted by Gasteiger charge is -2.27. The van der Waals surface area contributed by atoms with E-state index in [2.05, 4.69) is 10.6 Å². The molecule has 8 heteroatoms. The number of urea groups is 1. The van der Waals surface area contributed by atoms with Gasteiger partial charge in [-0.2, -0.15) is 0 Å². The molecular weight excluding hydrogens is 352 g/mol. The summed E-state index contributed by atoms with van der Waals surface area (Å²) in [6, 6.07) is 4.33. The van der Waals surface area contributed by atoms with E-state index in [0.717, 1.165) is 0 Å². The van der Waals surface area contributed by atoms with Crippen molar-refractivity contribution in [2.75, 3.05) is 12.4 Å². The molecule has 27 heavy (non-hydrogen) atoms. The van der Waals surface area contributed by atoms with E-state index in [1.807, 2.05) is 13.8 Å². The Labute approximate surface area is 158 Å². The van der Waals surface area contributed by atoms with Crippen molar-refractivity contribution in [1.82, 2.24) is 5.32 Å². The summed E-state index contributed by atoms with van der Waals surface area (Å²) < 4.78 is 10.5. The van der Waals surface area contributed by atoms with Crippen LogP contribution in [0.15, 0.2) is 18.2 Å². The van der Waals surface area contributed by atoms with Gasteiger partial charge >= 0.3 is 18.0 Å². The summed E-state index contributed by atoms with van der Waals surface area (Å²) in [7, 11) is 1.28. The van der Waals surface area contributed by atoms with E-state index in [4.69, 9.17) is 14.6 Å². The van der Waals surface area contributed by atoms with Crippen LogP contribution in [-0.4, -0.2) is 42.3 Å². The van der Waals surface area contributed by atoms with Crippen LogP contribution in [0.25, 0.3) is 0 Å². The maximum Gasteiger partial charge on any atom is 0.341 e. The molecule has 0 aliphatic heterocycles. The highest BCUT2D eigenvalue weighted by atomic mass is 16.5. The van der Waals surface area contributed by atoms with Gasteiger partial charge in [-0.05, 0) is 51.7 Å². The molecule has 1 aromatic rings. The smallest absolute Gasteiger partial charge is 0.341 e. The number of amides is 2. The Bertz CT molecular complexity index is 695. The van der Waals surface area contributed by atoms with E-state index in [1.165, 1.54) is 7.11 Å². The molecule has 0 heterocycles. The Morgan fingerprint density at radius 3 is 2.37 bits per heavy atom. The number of anilines is 1. The van der Waals surface area contributed by atoms with Crippen molar-refractivity contribution in [3.8, 4) is 5.75 Å². The lowest BCUT2D eigenvalue weighted by molar-refractivity contribution is -0.142. The highest BCUT2D eigenvalue weighted by Crippen LogP contribution is 2.31. The van der Waals surface area contributed by atoms with Crippen LogP contribution in [0.3, 0.4) is 0 Å². The summed E-state index contributed by atoms with van der Waals surface area (Å²) in [5.41, 5.74) is 0.592. The Balaban J connectivity index is 2.06. The number of benzene rings is 1. The molecule has 0 unspecified atom stereocenters. The number of carboxylic acids is 1. The average molecular weight is 378 g/mol. The second kappa shape index (κ2) is 9.25. The third kappa shape index (κ3) is 5.60. The second-order valence-corrected chi connectivity index (χ2v) is 6.83. The van der Waals surface area contributed by atoms with Crippen LogP contribution < -0.4 is 15.4 Å². The zero-order valence-electron chi connectivity index (χ0n) is 15.8. The number of carboxylic acid groups (broad SMARTS) is 1. The van der Waals surface area contributed by atoms with Gasteiger partial charge in [-0.25, -0.2) is 9.59 Å². The van der Waals surface area contributed by atoms with Crippen LogP contribution in [0.4, 0.5) is 10.5 Å². The van der Waals surface area contributed by atoms with Crippen molar-refractivity contribution in [2.45, 2.75) is 51.7 Å². The largest absolute Gasteiger partial charge is 0.488 e. The number of ether oxygens (including phenoxy) is 2. The van der Waals surface area contributed by atoms with E-state index in [0.29, 0.717) is 31.4 Å². The van der Waals surface area contributed by atoms with Gasteiger partial charge in [0.25, 0.3) is 0 Å². The molecule has 1 aliphatic carbocycles. The molecular formula is C19H26N2O6. The third-order valence-electron chi connectivity index (χ3n) is 4.43. The summed E-state index contributed by atoms with van der Waals surface area (Å²) in [5.74, 6) is -1.42. The normalized spacial score (nSPS) is 19.3. The highest BCUT2D eigenvalue weighted by molar-refractivity contribution is 5.98. The van der Waals surface area contributed by atoms with Crippen molar-refractivity contribution < 1.29 is 29.0 Å². The SMILES string of the molecule is COC(=O)c1cccc(NC(=O)NC2CCC(C(=O)O)CC2)c1OC(C)C. The predicted molar refractivity (Wildman–Crippen MR) is 99.1 cm³/mol. The molecule has 8 nitrogen and oxygen atoms in total. The van der Waals surface area contributed by atoms with Gasteiger partial charge in [-0.15, -0.1) is 0 Å². The summed E-state index contributed by atoms with van der Waals surface area (Å²) in [5, 5.41) is 14.6. The lowest BCUT2D eigenvalue weighted by Crippen LogP contribution is -2.41. The predicted octanol–water partition coefficient (Wildman–Crippen LogP) is 3.03. The topological polar surface area (TPSA) is 114 Å². The lowest BCUT2D eigenvalue weighted by atomic mass is 9.86. The van der Waals surface area contributed by atoms with Gasteiger partial charge in [-0.3, -0.25) is 4.79 Å². The van der Waals surface area contributed by atoms with Crippen molar-refractivity contribution in [2.24, 2.45) is 5.92 Å². The maximum absolute atomic E-state index is 12.4. The number of carbonyl (C=O) groups excluding carboxylic acids is 2. The van der Waals surface area contributed by atoms with E-state index in [-0.39, 0.29) is 29.4 Å². The highest BCUT2D eigenvalue weighted by Gasteiger charge is 2.27. The number of nitrogens with one attached hydrogen (secondary N) is 2. The van der Waals surface area contributed by atoms with Crippen LogP contribution in [0.1, 0.15) is 49.9 Å². The number of para-hydroxylation sites is 1. The molecule has 1 aromatic carbocycles. The molecule has 0 bridgehead atoms. The van der Waals surface area contributed by atoms with Crippen LogP contribution in [0.2, 0.25) is 0 Å². The van der Waals surface area contributed by atoms with Gasteiger partial charge in [0.05, 0.1) is 24.8 Å². The number of methoxy groups -OCH3 is 1. The Morgan fingerprint density at radius 2 is 1.81 bits per heavy atom. The van der Waals surface area contributed by atoms with Crippen LogP contribution >= 0.6 is 0 Å². The molecule has 1 aliphatic rings. The first-order valence-corrected chi connectivity index (χ1v) is 9.00. The monoisotopic (exact) mass is 378 g/mol. The third-order valence-corrected chi connectivity index (χ3v) is 4.43. The van der Waals surface area contributed by atoms with E-state index >= 15 is 0 Å². The quantitative estimate of drug-likeness (QED) is 0.656. The number of rotatable bonds is 6. The molecule has 0 radical (unpaired) electrons. The molecule has 2 rings (SSSR count). The first-order valence-electron chi connectivity index (χ1n) is 9.00. The van der Waals surface area contributed by atoms with Crippen LogP contribution in [-0.2, 0) is 9.53 Å². The molecule has 0 atom stereocenters. The maximum atomic E-state index is 12.4. The fourth-order valence-electron chi connectivity index (χ4n) is 3.10. The zero-order chi connectivity index (χ0) is 20.0. The van der Waals surface area contributed by atoms with Gasteiger partial charge in [0.2, 0.25) is 0 Å². The fourth-order valence-corrected chi connectivity index (χ4v) is 3.10. The summed E-state index contributed by atoms with van der Waals surface area (Å²) in [4.78, 5) is 35.4. The minimum absolute atomic E-state index is 0.0844. The van der Waals surface area contributed by atoms with Crippen molar-refractivity contribution >= 4 is 23.7 Å². The first kappa shape index (κ1) is 20.5. The van der Waals surface area contributed by atoms with Crippen molar-refractivity contribution in [3.05, 3.63) is 23.8 Å². The fraction of sp³-hybridized carbons (Fsp3) is 0.526. The van der Waals surface area contributed by atoms with Gasteiger partial charge in [-0.1, -0.05) is 6.07 Å². The summed E-state index contributed by atoms with van der Waals surface area (Å²) in [6.45, 7) is 3.64. The van der Waals surface area contributed by atoms with Gasteiger partial charge < -0.3 is 25.2 Å². The minimum Gasteiger partial charge on any atom is -0.488 e. The molecule has 1 fully saturated rings. The Kier molecular flexibility index (Phi) is 7.04. The summed E-state index contributed by atoms with van der Waals surface area (Å²) in [6.07, 6.45) is 2.11. The van der Waals surface area contributed by atoms with Gasteiger partial charge in [0.15, 0.2) is 5.75 Å². The number of hydrogen-bond acceptors (Lipinski definition) is 5. The molecule has 148 valence electrons. The number of aliphatic carboxylic acids is 1. The van der Waals surface area contributed by atoms with Crippen LogP contribution in [0.5, 0.6) is 5.75 Å². The number of hydrogen-bond donors (Lipinski definition) is 3. The Hall–Kier alpha value is -2.77. The first-order chi connectivity index (χ1) is 12.8. The second-order valence-electron chi connectivity index (χ2n) is 6.83. The van der Waals surface area contributed by atoms with E-state index in [1.54, 1.807) is 18.2 Å². The van der Waals surface area contributed by atoms with E-state index in [9.17, 15) is 14.4 Å². The van der Waals surface area contributed by atoms with E-state index < -0.39 is 18.0 Å². The van der Waals surface area contributed by atoms with Crippen LogP contribution in [0, 0.1) is 5.92 Å². The zero-order valence-corrected chi connectivity index (χ0v) is 15.8. The van der Waals surface area contributed by atoms with Gasteiger partial charge in [0, 0.05) is 6.04 Å². The molecule has 2 amide bonds.